The smallest absolute Gasteiger partial charge is 0.127 e. The molecule has 0 aromatic heterocycles. The van der Waals surface area contributed by atoms with Crippen LogP contribution in [0.4, 0.5) is 10.1 Å². The summed E-state index contributed by atoms with van der Waals surface area (Å²) in [5.74, 6) is -0.136. The molecule has 3 heteroatoms. The minimum absolute atomic E-state index is 0.136. The summed E-state index contributed by atoms with van der Waals surface area (Å²) < 4.78 is 13.5. The minimum Gasteiger partial charge on any atom is -0.382 e. The quantitative estimate of drug-likeness (QED) is 0.821. The molecule has 0 bridgehead atoms. The summed E-state index contributed by atoms with van der Waals surface area (Å²) in [4.78, 5) is 0. The maximum Gasteiger partial charge on any atom is 0.127 e. The highest BCUT2D eigenvalue weighted by molar-refractivity contribution is 5.57. The molecule has 1 unspecified atom stereocenters. The van der Waals surface area contributed by atoms with E-state index in [2.05, 4.69) is 35.8 Å². The number of fused-ring (bicyclic) bond motifs is 1. The van der Waals surface area contributed by atoms with E-state index in [0.29, 0.717) is 12.6 Å². The molecule has 0 saturated carbocycles. The molecule has 1 aliphatic heterocycles. The summed E-state index contributed by atoms with van der Waals surface area (Å²) in [7, 11) is 0. The van der Waals surface area contributed by atoms with Crippen molar-refractivity contribution in [3.8, 4) is 0 Å². The Balaban J connectivity index is 1.50. The lowest BCUT2D eigenvalue weighted by Gasteiger charge is -2.07. The van der Waals surface area contributed by atoms with Crippen molar-refractivity contribution in [2.24, 2.45) is 0 Å². The molecule has 1 aliphatic rings. The zero-order valence-electron chi connectivity index (χ0n) is 12.3. The topological polar surface area (TPSA) is 24.1 Å². The fraction of sp³-hybridized carbons (Fsp3) is 0.333. The summed E-state index contributed by atoms with van der Waals surface area (Å²) >= 11 is 0. The molecule has 0 saturated heterocycles. The summed E-state index contributed by atoms with van der Waals surface area (Å²) in [5, 5.41) is 6.77. The maximum atomic E-state index is 13.5. The van der Waals surface area contributed by atoms with Crippen LogP contribution in [-0.4, -0.2) is 12.6 Å². The lowest BCUT2D eigenvalue weighted by molar-refractivity contribution is 0.588. The Kier molecular flexibility index (Phi) is 4.20. The van der Waals surface area contributed by atoms with Crippen LogP contribution in [-0.2, 0) is 19.4 Å². The molecule has 110 valence electrons. The molecule has 1 heterocycles. The standard InChI is InChI=1S/C18H21FN2/c1-13-10-16-11-14(6-7-18(16)21-13)8-9-20-12-15-4-2-3-5-17(15)19/h2-7,11,13,20-21H,8-10,12H2,1H3. The molecule has 2 nitrogen and oxygen atoms in total. The molecular formula is C18H21FN2. The van der Waals surface area contributed by atoms with E-state index in [4.69, 9.17) is 0 Å². The highest BCUT2D eigenvalue weighted by Crippen LogP contribution is 2.26. The fourth-order valence-electron chi connectivity index (χ4n) is 2.86. The van der Waals surface area contributed by atoms with Crippen LogP contribution in [0, 0.1) is 5.82 Å². The molecule has 2 aromatic rings. The zero-order valence-corrected chi connectivity index (χ0v) is 12.3. The second-order valence-corrected chi connectivity index (χ2v) is 5.76. The number of nitrogens with one attached hydrogen (secondary N) is 2. The first kappa shape index (κ1) is 14.1. The highest BCUT2D eigenvalue weighted by Gasteiger charge is 2.16. The first-order chi connectivity index (χ1) is 10.2. The van der Waals surface area contributed by atoms with Crippen molar-refractivity contribution in [1.82, 2.24) is 5.32 Å². The predicted octanol–water partition coefficient (Wildman–Crippen LogP) is 3.51. The molecule has 21 heavy (non-hydrogen) atoms. The SMILES string of the molecule is CC1Cc2cc(CCNCc3ccccc3F)ccc2N1. The van der Waals surface area contributed by atoms with Gasteiger partial charge in [-0.25, -0.2) is 4.39 Å². The Hall–Kier alpha value is -1.87. The van der Waals surface area contributed by atoms with Gasteiger partial charge in [0.15, 0.2) is 0 Å². The number of hydrogen-bond donors (Lipinski definition) is 2. The van der Waals surface area contributed by atoms with E-state index in [1.54, 1.807) is 6.07 Å². The summed E-state index contributed by atoms with van der Waals surface area (Å²) in [6.07, 6.45) is 2.07. The van der Waals surface area contributed by atoms with E-state index in [1.165, 1.54) is 22.9 Å². The first-order valence-electron chi connectivity index (χ1n) is 7.55. The van der Waals surface area contributed by atoms with Crippen molar-refractivity contribution < 1.29 is 4.39 Å². The van der Waals surface area contributed by atoms with Gasteiger partial charge < -0.3 is 10.6 Å². The number of halogens is 1. The van der Waals surface area contributed by atoms with Crippen molar-refractivity contribution in [3.05, 3.63) is 65.0 Å². The van der Waals surface area contributed by atoms with E-state index in [-0.39, 0.29) is 5.82 Å². The average molecular weight is 284 g/mol. The molecule has 2 aromatic carbocycles. The summed E-state index contributed by atoms with van der Waals surface area (Å²) in [5.41, 5.74) is 4.75. The molecule has 0 fully saturated rings. The zero-order chi connectivity index (χ0) is 14.7. The van der Waals surface area contributed by atoms with Gasteiger partial charge in [0.2, 0.25) is 0 Å². The Bertz CT molecular complexity index is 624. The highest BCUT2D eigenvalue weighted by atomic mass is 19.1. The van der Waals surface area contributed by atoms with Gasteiger partial charge in [0, 0.05) is 23.8 Å². The molecule has 0 aliphatic carbocycles. The van der Waals surface area contributed by atoms with Crippen LogP contribution in [0.3, 0.4) is 0 Å². The second kappa shape index (κ2) is 6.27. The maximum absolute atomic E-state index is 13.5. The molecule has 0 radical (unpaired) electrons. The fourth-order valence-corrected chi connectivity index (χ4v) is 2.86. The number of rotatable bonds is 5. The largest absolute Gasteiger partial charge is 0.382 e. The molecule has 0 amide bonds. The lowest BCUT2D eigenvalue weighted by Crippen LogP contribution is -2.17. The normalized spacial score (nSPS) is 16.6. The predicted molar refractivity (Wildman–Crippen MR) is 85.0 cm³/mol. The van der Waals surface area contributed by atoms with Crippen LogP contribution in [0.1, 0.15) is 23.6 Å². The first-order valence-corrected chi connectivity index (χ1v) is 7.55. The van der Waals surface area contributed by atoms with E-state index < -0.39 is 0 Å². The van der Waals surface area contributed by atoms with Gasteiger partial charge in [0.1, 0.15) is 5.82 Å². The van der Waals surface area contributed by atoms with Gasteiger partial charge in [-0.1, -0.05) is 30.3 Å². The number of anilines is 1. The average Bonchev–Trinajstić information content (AvgIpc) is 2.84. The lowest BCUT2D eigenvalue weighted by atomic mass is 10.0. The van der Waals surface area contributed by atoms with Gasteiger partial charge in [-0.3, -0.25) is 0 Å². The van der Waals surface area contributed by atoms with E-state index in [1.807, 2.05) is 12.1 Å². The summed E-state index contributed by atoms with van der Waals surface area (Å²) in [6, 6.07) is 14.1. The third-order valence-corrected chi connectivity index (χ3v) is 3.96. The van der Waals surface area contributed by atoms with Crippen molar-refractivity contribution in [2.75, 3.05) is 11.9 Å². The van der Waals surface area contributed by atoms with Crippen molar-refractivity contribution in [2.45, 2.75) is 32.4 Å². The van der Waals surface area contributed by atoms with Gasteiger partial charge in [-0.2, -0.15) is 0 Å². The van der Waals surface area contributed by atoms with Crippen LogP contribution in [0.5, 0.6) is 0 Å². The van der Waals surface area contributed by atoms with Gasteiger partial charge in [0.05, 0.1) is 0 Å². The van der Waals surface area contributed by atoms with Crippen molar-refractivity contribution >= 4 is 5.69 Å². The Labute approximate surface area is 125 Å². The van der Waals surface area contributed by atoms with Gasteiger partial charge in [-0.05, 0) is 49.6 Å². The number of hydrogen-bond acceptors (Lipinski definition) is 2. The molecule has 1 atom stereocenters. The molecular weight excluding hydrogens is 263 g/mol. The van der Waals surface area contributed by atoms with Gasteiger partial charge in [0.25, 0.3) is 0 Å². The van der Waals surface area contributed by atoms with E-state index in [9.17, 15) is 4.39 Å². The van der Waals surface area contributed by atoms with E-state index in [0.717, 1.165) is 24.9 Å². The summed E-state index contributed by atoms with van der Waals surface area (Å²) in [6.45, 7) is 3.64. The third-order valence-electron chi connectivity index (χ3n) is 3.96. The second-order valence-electron chi connectivity index (χ2n) is 5.76. The van der Waals surface area contributed by atoms with E-state index >= 15 is 0 Å². The van der Waals surface area contributed by atoms with Crippen LogP contribution in [0.25, 0.3) is 0 Å². The monoisotopic (exact) mass is 284 g/mol. The Morgan fingerprint density at radius 1 is 1.24 bits per heavy atom. The Morgan fingerprint density at radius 3 is 2.95 bits per heavy atom. The number of benzene rings is 2. The molecule has 2 N–H and O–H groups in total. The van der Waals surface area contributed by atoms with Gasteiger partial charge >= 0.3 is 0 Å². The van der Waals surface area contributed by atoms with Crippen LogP contribution >= 0.6 is 0 Å². The van der Waals surface area contributed by atoms with Crippen LogP contribution < -0.4 is 10.6 Å². The molecule has 3 rings (SSSR count). The van der Waals surface area contributed by atoms with Crippen LogP contribution in [0.2, 0.25) is 0 Å². The minimum atomic E-state index is -0.136. The van der Waals surface area contributed by atoms with Crippen molar-refractivity contribution in [1.29, 1.82) is 0 Å². The van der Waals surface area contributed by atoms with Gasteiger partial charge in [-0.15, -0.1) is 0 Å². The Morgan fingerprint density at radius 2 is 2.10 bits per heavy atom. The van der Waals surface area contributed by atoms with Crippen LogP contribution in [0.15, 0.2) is 42.5 Å². The van der Waals surface area contributed by atoms with Crippen molar-refractivity contribution in [3.63, 3.8) is 0 Å². The molecule has 0 spiro atoms. The third kappa shape index (κ3) is 3.42.